The lowest BCUT2D eigenvalue weighted by Gasteiger charge is -2.12. The van der Waals surface area contributed by atoms with Gasteiger partial charge in [-0.15, -0.1) is 0 Å². The zero-order valence-electron chi connectivity index (χ0n) is 11.5. The van der Waals surface area contributed by atoms with Crippen molar-refractivity contribution in [1.82, 2.24) is 10.3 Å². The molecule has 2 rings (SSSR count). The largest absolute Gasteiger partial charge is 0.494 e. The second-order valence-corrected chi connectivity index (χ2v) is 4.41. The van der Waals surface area contributed by atoms with Crippen LogP contribution in [0.5, 0.6) is 5.75 Å². The van der Waals surface area contributed by atoms with Crippen LogP contribution in [0.1, 0.15) is 21.5 Å². The van der Waals surface area contributed by atoms with E-state index in [9.17, 15) is 4.79 Å². The Morgan fingerprint density at radius 3 is 2.90 bits per heavy atom. The van der Waals surface area contributed by atoms with Crippen molar-refractivity contribution in [2.75, 3.05) is 12.8 Å². The molecule has 0 aliphatic heterocycles. The van der Waals surface area contributed by atoms with Gasteiger partial charge >= 0.3 is 0 Å². The minimum Gasteiger partial charge on any atom is -0.494 e. The van der Waals surface area contributed by atoms with Gasteiger partial charge in [0.05, 0.1) is 18.4 Å². The van der Waals surface area contributed by atoms with Crippen LogP contribution in [0.2, 0.25) is 0 Å². The summed E-state index contributed by atoms with van der Waals surface area (Å²) in [7, 11) is 1.50. The average molecular weight is 271 g/mol. The summed E-state index contributed by atoms with van der Waals surface area (Å²) in [6.07, 6.45) is 3.47. The van der Waals surface area contributed by atoms with Gasteiger partial charge in [0.25, 0.3) is 5.91 Å². The summed E-state index contributed by atoms with van der Waals surface area (Å²) in [5.74, 6) is 0.182. The number of aromatic nitrogens is 1. The molecule has 1 amide bonds. The molecular weight excluding hydrogens is 254 g/mol. The van der Waals surface area contributed by atoms with Gasteiger partial charge in [0.2, 0.25) is 0 Å². The number of hydrogen-bond acceptors (Lipinski definition) is 4. The van der Waals surface area contributed by atoms with Crippen LogP contribution >= 0.6 is 0 Å². The Kier molecular flexibility index (Phi) is 4.20. The first kappa shape index (κ1) is 13.9. The lowest BCUT2D eigenvalue weighted by molar-refractivity contribution is 0.0948. The smallest absolute Gasteiger partial charge is 0.255 e. The van der Waals surface area contributed by atoms with Crippen molar-refractivity contribution in [3.05, 3.63) is 53.3 Å². The number of ether oxygens (including phenoxy) is 1. The maximum Gasteiger partial charge on any atom is 0.255 e. The van der Waals surface area contributed by atoms with Crippen LogP contribution in [0.15, 0.2) is 36.7 Å². The highest BCUT2D eigenvalue weighted by Gasteiger charge is 2.14. The third kappa shape index (κ3) is 2.88. The predicted octanol–water partition coefficient (Wildman–Crippen LogP) is 1.91. The summed E-state index contributed by atoms with van der Waals surface area (Å²) in [4.78, 5) is 16.2. The number of amides is 1. The maximum atomic E-state index is 12.2. The van der Waals surface area contributed by atoms with E-state index >= 15 is 0 Å². The number of nitrogens with two attached hydrogens (primary N) is 1. The number of nitrogens with one attached hydrogen (secondary N) is 1. The molecule has 0 spiro atoms. The van der Waals surface area contributed by atoms with Crippen LogP contribution in [0.25, 0.3) is 0 Å². The number of aryl methyl sites for hydroxylation is 1. The molecule has 0 saturated carbocycles. The molecule has 20 heavy (non-hydrogen) atoms. The molecule has 0 radical (unpaired) electrons. The third-order valence-corrected chi connectivity index (χ3v) is 3.07. The zero-order valence-corrected chi connectivity index (χ0v) is 11.5. The molecule has 0 unspecified atom stereocenters. The number of pyridine rings is 1. The zero-order chi connectivity index (χ0) is 14.5. The van der Waals surface area contributed by atoms with Crippen molar-refractivity contribution in [3.8, 4) is 5.75 Å². The van der Waals surface area contributed by atoms with Gasteiger partial charge in [0.1, 0.15) is 0 Å². The molecule has 3 N–H and O–H groups in total. The molecule has 1 heterocycles. The summed E-state index contributed by atoms with van der Waals surface area (Å²) in [5.41, 5.74) is 8.72. The van der Waals surface area contributed by atoms with Gasteiger partial charge in [-0.25, -0.2) is 0 Å². The molecule has 0 aliphatic carbocycles. The number of methoxy groups -OCH3 is 1. The van der Waals surface area contributed by atoms with Crippen LogP contribution in [0.4, 0.5) is 5.69 Å². The predicted molar refractivity (Wildman–Crippen MR) is 77.6 cm³/mol. The van der Waals surface area contributed by atoms with Crippen molar-refractivity contribution in [2.24, 2.45) is 0 Å². The molecule has 2 aromatic rings. The van der Waals surface area contributed by atoms with Crippen molar-refractivity contribution < 1.29 is 9.53 Å². The molecule has 0 fully saturated rings. The fourth-order valence-corrected chi connectivity index (χ4v) is 1.93. The highest BCUT2D eigenvalue weighted by atomic mass is 16.5. The molecule has 0 saturated heterocycles. The molecule has 1 aromatic heterocycles. The van der Waals surface area contributed by atoms with Gasteiger partial charge in [-0.2, -0.15) is 0 Å². The van der Waals surface area contributed by atoms with E-state index in [1.54, 1.807) is 30.6 Å². The highest BCUT2D eigenvalue weighted by Crippen LogP contribution is 2.25. The summed E-state index contributed by atoms with van der Waals surface area (Å²) in [6, 6.07) is 6.99. The fraction of sp³-hybridized carbons (Fsp3) is 0.200. The van der Waals surface area contributed by atoms with Crippen LogP contribution < -0.4 is 15.8 Å². The van der Waals surface area contributed by atoms with Gasteiger partial charge < -0.3 is 15.8 Å². The Hall–Kier alpha value is -2.56. The molecule has 1 aromatic carbocycles. The van der Waals surface area contributed by atoms with Crippen LogP contribution in [-0.4, -0.2) is 18.0 Å². The number of nitrogen functional groups attached to an aromatic ring is 1. The van der Waals surface area contributed by atoms with E-state index in [1.165, 1.54) is 7.11 Å². The van der Waals surface area contributed by atoms with Crippen molar-refractivity contribution >= 4 is 11.6 Å². The summed E-state index contributed by atoms with van der Waals surface area (Å²) >= 11 is 0. The van der Waals surface area contributed by atoms with Crippen LogP contribution in [0, 0.1) is 6.92 Å². The van der Waals surface area contributed by atoms with Gasteiger partial charge in [0.15, 0.2) is 5.75 Å². The minimum absolute atomic E-state index is 0.217. The molecule has 5 heteroatoms. The fourth-order valence-electron chi connectivity index (χ4n) is 1.93. The maximum absolute atomic E-state index is 12.2. The van der Waals surface area contributed by atoms with E-state index in [2.05, 4.69) is 10.3 Å². The Bertz CT molecular complexity index is 626. The number of anilines is 1. The minimum atomic E-state index is -0.217. The molecule has 104 valence electrons. The van der Waals surface area contributed by atoms with Crippen LogP contribution in [-0.2, 0) is 6.54 Å². The van der Waals surface area contributed by atoms with E-state index in [0.29, 0.717) is 23.5 Å². The SMILES string of the molecule is COc1c(N)cccc1C(=O)NCc1ccncc1C. The lowest BCUT2D eigenvalue weighted by Crippen LogP contribution is -2.24. The standard InChI is InChI=1S/C15H17N3O2/c1-10-8-17-7-6-11(10)9-18-15(19)12-4-3-5-13(16)14(12)20-2/h3-8H,9,16H2,1-2H3,(H,18,19). The number of para-hydroxylation sites is 1. The van der Waals surface area contributed by atoms with Crippen LogP contribution in [0.3, 0.4) is 0 Å². The van der Waals surface area contributed by atoms with Gasteiger partial charge in [-0.3, -0.25) is 9.78 Å². The normalized spacial score (nSPS) is 10.1. The van der Waals surface area contributed by atoms with Gasteiger partial charge in [0, 0.05) is 18.9 Å². The van der Waals surface area contributed by atoms with Gasteiger partial charge in [-0.05, 0) is 36.2 Å². The first-order valence-corrected chi connectivity index (χ1v) is 6.23. The summed E-state index contributed by atoms with van der Waals surface area (Å²) < 4.78 is 5.18. The number of nitrogens with zero attached hydrogens (tertiary/aromatic N) is 1. The van der Waals surface area contributed by atoms with E-state index in [4.69, 9.17) is 10.5 Å². The Morgan fingerprint density at radius 1 is 1.40 bits per heavy atom. The number of carbonyl (C=O) groups excluding carboxylic acids is 1. The Labute approximate surface area is 117 Å². The first-order valence-electron chi connectivity index (χ1n) is 6.23. The molecule has 0 bridgehead atoms. The number of rotatable bonds is 4. The lowest BCUT2D eigenvalue weighted by atomic mass is 10.1. The van der Waals surface area contributed by atoms with Crippen molar-refractivity contribution in [2.45, 2.75) is 13.5 Å². The highest BCUT2D eigenvalue weighted by molar-refractivity contribution is 5.98. The summed E-state index contributed by atoms with van der Waals surface area (Å²) in [5, 5.41) is 2.86. The van der Waals surface area contributed by atoms with E-state index < -0.39 is 0 Å². The number of benzene rings is 1. The Morgan fingerprint density at radius 2 is 2.20 bits per heavy atom. The molecular formula is C15H17N3O2. The number of hydrogen-bond donors (Lipinski definition) is 2. The first-order chi connectivity index (χ1) is 9.63. The van der Waals surface area contributed by atoms with E-state index in [0.717, 1.165) is 11.1 Å². The molecule has 5 nitrogen and oxygen atoms in total. The molecule has 0 atom stereocenters. The van der Waals surface area contributed by atoms with Crippen molar-refractivity contribution in [1.29, 1.82) is 0 Å². The second kappa shape index (κ2) is 6.06. The Balaban J connectivity index is 2.14. The van der Waals surface area contributed by atoms with Crippen molar-refractivity contribution in [3.63, 3.8) is 0 Å². The molecule has 0 aliphatic rings. The second-order valence-electron chi connectivity index (χ2n) is 4.41. The summed E-state index contributed by atoms with van der Waals surface area (Å²) in [6.45, 7) is 2.39. The quantitative estimate of drug-likeness (QED) is 0.833. The number of carbonyl (C=O) groups is 1. The monoisotopic (exact) mass is 271 g/mol. The van der Waals surface area contributed by atoms with E-state index in [1.807, 2.05) is 13.0 Å². The van der Waals surface area contributed by atoms with Gasteiger partial charge in [-0.1, -0.05) is 6.07 Å². The van der Waals surface area contributed by atoms with E-state index in [-0.39, 0.29) is 5.91 Å². The third-order valence-electron chi connectivity index (χ3n) is 3.07. The topological polar surface area (TPSA) is 77.2 Å². The average Bonchev–Trinajstić information content (AvgIpc) is 2.46.